The summed E-state index contributed by atoms with van der Waals surface area (Å²) in [6.45, 7) is 0.793. The fourth-order valence-electron chi connectivity index (χ4n) is 2.49. The molecular weight excluding hydrogens is 264 g/mol. The third-order valence-electron chi connectivity index (χ3n) is 3.62. The van der Waals surface area contributed by atoms with Gasteiger partial charge in [0.1, 0.15) is 0 Å². The lowest BCUT2D eigenvalue weighted by Crippen LogP contribution is -2.19. The SMILES string of the molecule is Nc1cc2c(cc1NCCc1cccnc1)CCC(=O)N2. The molecule has 5 nitrogen and oxygen atoms in total. The molecule has 2 heterocycles. The predicted octanol–water partition coefficient (Wildman–Crippen LogP) is 2.20. The van der Waals surface area contributed by atoms with Gasteiger partial charge >= 0.3 is 0 Å². The van der Waals surface area contributed by atoms with Gasteiger partial charge in [0.05, 0.1) is 11.4 Å². The first-order valence-electron chi connectivity index (χ1n) is 7.07. The number of hydrogen-bond donors (Lipinski definition) is 3. The van der Waals surface area contributed by atoms with E-state index in [0.717, 1.165) is 36.3 Å². The molecule has 1 aliphatic heterocycles. The topological polar surface area (TPSA) is 80.0 Å². The van der Waals surface area contributed by atoms with Gasteiger partial charge in [-0.2, -0.15) is 0 Å². The van der Waals surface area contributed by atoms with Gasteiger partial charge < -0.3 is 16.4 Å². The lowest BCUT2D eigenvalue weighted by Gasteiger charge is -2.19. The predicted molar refractivity (Wildman–Crippen MR) is 84.2 cm³/mol. The van der Waals surface area contributed by atoms with Crippen molar-refractivity contribution in [2.75, 3.05) is 22.9 Å². The zero-order valence-corrected chi connectivity index (χ0v) is 11.7. The monoisotopic (exact) mass is 282 g/mol. The Bertz CT molecular complexity index is 655. The van der Waals surface area contributed by atoms with Gasteiger partial charge in [-0.3, -0.25) is 9.78 Å². The van der Waals surface area contributed by atoms with Crippen LogP contribution >= 0.6 is 0 Å². The van der Waals surface area contributed by atoms with Crippen molar-refractivity contribution in [2.24, 2.45) is 0 Å². The normalized spacial score (nSPS) is 13.4. The van der Waals surface area contributed by atoms with Crippen molar-refractivity contribution in [3.8, 4) is 0 Å². The Morgan fingerprint density at radius 3 is 3.05 bits per heavy atom. The molecule has 108 valence electrons. The fourth-order valence-corrected chi connectivity index (χ4v) is 2.49. The van der Waals surface area contributed by atoms with Gasteiger partial charge in [0.15, 0.2) is 0 Å². The van der Waals surface area contributed by atoms with E-state index >= 15 is 0 Å². The van der Waals surface area contributed by atoms with Crippen molar-refractivity contribution in [1.82, 2.24) is 4.98 Å². The molecule has 0 spiro atoms. The minimum Gasteiger partial charge on any atom is -0.397 e. The number of nitrogens with one attached hydrogen (secondary N) is 2. The van der Waals surface area contributed by atoms with Gasteiger partial charge in [0.2, 0.25) is 5.91 Å². The molecule has 0 saturated carbocycles. The van der Waals surface area contributed by atoms with Crippen LogP contribution in [0.4, 0.5) is 17.1 Å². The minimum absolute atomic E-state index is 0.0548. The Balaban J connectivity index is 1.67. The van der Waals surface area contributed by atoms with E-state index in [1.165, 1.54) is 5.56 Å². The molecule has 1 aromatic heterocycles. The fraction of sp³-hybridized carbons (Fsp3) is 0.250. The zero-order chi connectivity index (χ0) is 14.7. The van der Waals surface area contributed by atoms with Gasteiger partial charge in [-0.1, -0.05) is 6.07 Å². The first-order valence-corrected chi connectivity index (χ1v) is 7.07. The number of anilines is 3. The Labute approximate surface area is 123 Å². The highest BCUT2D eigenvalue weighted by molar-refractivity contribution is 5.95. The summed E-state index contributed by atoms with van der Waals surface area (Å²) in [7, 11) is 0. The number of nitrogens with zero attached hydrogens (tertiary/aromatic N) is 1. The van der Waals surface area contributed by atoms with Gasteiger partial charge in [-0.05, 0) is 42.2 Å². The number of aromatic nitrogens is 1. The van der Waals surface area contributed by atoms with Gasteiger partial charge in [-0.15, -0.1) is 0 Å². The molecule has 0 saturated heterocycles. The van der Waals surface area contributed by atoms with E-state index in [9.17, 15) is 4.79 Å². The van der Waals surface area contributed by atoms with Crippen LogP contribution in [0, 0.1) is 0 Å². The molecule has 1 aliphatic rings. The Hall–Kier alpha value is -2.56. The van der Waals surface area contributed by atoms with E-state index in [-0.39, 0.29) is 5.91 Å². The van der Waals surface area contributed by atoms with Crippen LogP contribution in [0.3, 0.4) is 0 Å². The van der Waals surface area contributed by atoms with E-state index in [0.29, 0.717) is 12.1 Å². The van der Waals surface area contributed by atoms with E-state index in [1.807, 2.05) is 24.4 Å². The first-order chi connectivity index (χ1) is 10.2. The maximum atomic E-state index is 11.4. The van der Waals surface area contributed by atoms with Crippen LogP contribution < -0.4 is 16.4 Å². The average molecular weight is 282 g/mol. The molecule has 2 aromatic rings. The standard InChI is InChI=1S/C16H18N4O/c17-13-9-14-12(3-4-16(21)20-14)8-15(13)19-7-5-11-2-1-6-18-10-11/h1-2,6,8-10,19H,3-5,7,17H2,(H,20,21). The van der Waals surface area contributed by atoms with Gasteiger partial charge in [-0.25, -0.2) is 0 Å². The van der Waals surface area contributed by atoms with E-state index < -0.39 is 0 Å². The molecular formula is C16H18N4O. The summed E-state index contributed by atoms with van der Waals surface area (Å²) in [4.78, 5) is 15.5. The molecule has 0 bridgehead atoms. The van der Waals surface area contributed by atoms with Crippen LogP contribution in [0.1, 0.15) is 17.5 Å². The number of carbonyl (C=O) groups excluding carboxylic acids is 1. The lowest BCUT2D eigenvalue weighted by atomic mass is 10.0. The second kappa shape index (κ2) is 5.83. The van der Waals surface area contributed by atoms with Crippen molar-refractivity contribution in [3.05, 3.63) is 47.8 Å². The van der Waals surface area contributed by atoms with Gasteiger partial charge in [0, 0.05) is 31.0 Å². The lowest BCUT2D eigenvalue weighted by molar-refractivity contribution is -0.116. The number of fused-ring (bicyclic) bond motifs is 1. The van der Waals surface area contributed by atoms with E-state index in [1.54, 1.807) is 6.20 Å². The van der Waals surface area contributed by atoms with Crippen LogP contribution in [-0.2, 0) is 17.6 Å². The molecule has 3 rings (SSSR count). The molecule has 0 atom stereocenters. The van der Waals surface area contributed by atoms with E-state index in [4.69, 9.17) is 5.73 Å². The molecule has 0 unspecified atom stereocenters. The van der Waals surface area contributed by atoms with Crippen molar-refractivity contribution in [1.29, 1.82) is 0 Å². The Kier molecular flexibility index (Phi) is 3.73. The van der Waals surface area contributed by atoms with Crippen LogP contribution in [0.5, 0.6) is 0 Å². The maximum Gasteiger partial charge on any atom is 0.224 e. The van der Waals surface area contributed by atoms with Crippen molar-refractivity contribution in [3.63, 3.8) is 0 Å². The highest BCUT2D eigenvalue weighted by Gasteiger charge is 2.16. The molecule has 1 amide bonds. The number of aryl methyl sites for hydroxylation is 1. The molecule has 5 heteroatoms. The zero-order valence-electron chi connectivity index (χ0n) is 11.7. The second-order valence-electron chi connectivity index (χ2n) is 5.18. The summed E-state index contributed by atoms with van der Waals surface area (Å²) in [6, 6.07) is 7.86. The highest BCUT2D eigenvalue weighted by Crippen LogP contribution is 2.30. The largest absolute Gasteiger partial charge is 0.397 e. The molecule has 0 aliphatic carbocycles. The number of pyridine rings is 1. The third kappa shape index (κ3) is 3.13. The molecule has 1 aromatic carbocycles. The smallest absolute Gasteiger partial charge is 0.224 e. The highest BCUT2D eigenvalue weighted by atomic mass is 16.1. The Morgan fingerprint density at radius 2 is 2.24 bits per heavy atom. The molecule has 4 N–H and O–H groups in total. The quantitative estimate of drug-likeness (QED) is 0.751. The number of nitrogen functional groups attached to an aromatic ring is 1. The number of carbonyl (C=O) groups is 1. The molecule has 21 heavy (non-hydrogen) atoms. The number of hydrogen-bond acceptors (Lipinski definition) is 4. The van der Waals surface area contributed by atoms with Crippen LogP contribution in [-0.4, -0.2) is 17.4 Å². The minimum atomic E-state index is 0.0548. The summed E-state index contributed by atoms with van der Waals surface area (Å²) >= 11 is 0. The number of benzene rings is 1. The average Bonchev–Trinajstić information content (AvgIpc) is 2.49. The van der Waals surface area contributed by atoms with Crippen LogP contribution in [0.2, 0.25) is 0 Å². The third-order valence-corrected chi connectivity index (χ3v) is 3.62. The molecule has 0 radical (unpaired) electrons. The summed E-state index contributed by atoms with van der Waals surface area (Å²) in [5, 5.41) is 6.21. The first kappa shape index (κ1) is 13.4. The summed E-state index contributed by atoms with van der Waals surface area (Å²) in [6.07, 6.45) is 5.83. The summed E-state index contributed by atoms with van der Waals surface area (Å²) in [5.41, 5.74) is 10.8. The van der Waals surface area contributed by atoms with Crippen LogP contribution in [0.15, 0.2) is 36.7 Å². The maximum absolute atomic E-state index is 11.4. The number of amides is 1. The second-order valence-corrected chi connectivity index (χ2v) is 5.18. The Morgan fingerprint density at radius 1 is 1.33 bits per heavy atom. The number of nitrogens with two attached hydrogens (primary N) is 1. The summed E-state index contributed by atoms with van der Waals surface area (Å²) in [5.74, 6) is 0.0548. The molecule has 0 fully saturated rings. The van der Waals surface area contributed by atoms with Gasteiger partial charge in [0.25, 0.3) is 0 Å². The summed E-state index contributed by atoms with van der Waals surface area (Å²) < 4.78 is 0. The van der Waals surface area contributed by atoms with Crippen molar-refractivity contribution >= 4 is 23.0 Å². The van der Waals surface area contributed by atoms with Crippen molar-refractivity contribution < 1.29 is 4.79 Å². The van der Waals surface area contributed by atoms with E-state index in [2.05, 4.69) is 21.7 Å². The van der Waals surface area contributed by atoms with Crippen LogP contribution in [0.25, 0.3) is 0 Å². The van der Waals surface area contributed by atoms with Crippen molar-refractivity contribution in [2.45, 2.75) is 19.3 Å². The number of rotatable bonds is 4.